The molecule has 0 saturated carbocycles. The molecule has 1 amide bonds. The maximum Gasteiger partial charge on any atom is 0.287 e. The van der Waals surface area contributed by atoms with Crippen LogP contribution in [-0.4, -0.2) is 29.7 Å². The molecule has 4 rings (SSSR count). The van der Waals surface area contributed by atoms with Crippen molar-refractivity contribution in [3.8, 4) is 0 Å². The second kappa shape index (κ2) is 11.6. The Morgan fingerprint density at radius 3 is 2.44 bits per heavy atom. The van der Waals surface area contributed by atoms with Crippen molar-refractivity contribution in [3.63, 3.8) is 0 Å². The van der Waals surface area contributed by atoms with Crippen molar-refractivity contribution in [2.24, 2.45) is 0 Å². The molecule has 0 spiro atoms. The molecule has 5 nitrogen and oxygen atoms in total. The molecule has 1 aromatic heterocycles. The summed E-state index contributed by atoms with van der Waals surface area (Å²) in [6.07, 6.45) is -0.125. The number of carbonyl (C=O) groups is 1. The van der Waals surface area contributed by atoms with E-state index in [-0.39, 0.29) is 18.7 Å². The summed E-state index contributed by atoms with van der Waals surface area (Å²) in [5.74, 6) is -2.01. The highest BCUT2D eigenvalue weighted by Crippen LogP contribution is 2.26. The molecule has 8 heteroatoms. The lowest BCUT2D eigenvalue weighted by atomic mass is 10.00. The van der Waals surface area contributed by atoms with Crippen LogP contribution in [0, 0.1) is 11.6 Å². The second-order valence-electron chi connectivity index (χ2n) is 8.70. The molecule has 3 aromatic carbocycles. The van der Waals surface area contributed by atoms with Crippen molar-refractivity contribution >= 4 is 28.5 Å². The van der Waals surface area contributed by atoms with Crippen LogP contribution in [0.1, 0.15) is 34.2 Å². The highest BCUT2D eigenvalue weighted by Gasteiger charge is 2.25. The van der Waals surface area contributed by atoms with Crippen LogP contribution in [0.5, 0.6) is 0 Å². The van der Waals surface area contributed by atoms with Crippen molar-refractivity contribution in [3.05, 3.63) is 106 Å². The average Bonchev–Trinajstić information content (AvgIpc) is 3.29. The quantitative estimate of drug-likeness (QED) is 0.265. The number of hydrogen-bond donors (Lipinski definition) is 3. The summed E-state index contributed by atoms with van der Waals surface area (Å²) in [6, 6.07) is 17.1. The summed E-state index contributed by atoms with van der Waals surface area (Å²) in [5, 5.41) is 17.9. The van der Waals surface area contributed by atoms with E-state index in [9.17, 15) is 18.7 Å². The molecular weight excluding hydrogens is 486 g/mol. The standard InChI is InChI=1S/C28H27ClF2N2O3/c1-2-17-5-3-6-18(9-17)15-32-16-25(34)24(12-19-10-21(30)14-22(31)11-19)33-28(35)26-13-20-7-4-8-23(29)27(20)36-26/h3-11,13-14,24-25,32,34H,2,12,15-16H2,1H3,(H,33,35)/t24-,25-/m0/s1. The maximum atomic E-state index is 13.8. The maximum absolute atomic E-state index is 13.8. The van der Waals surface area contributed by atoms with Gasteiger partial charge in [-0.1, -0.05) is 54.9 Å². The van der Waals surface area contributed by atoms with Gasteiger partial charge in [0.15, 0.2) is 11.3 Å². The predicted octanol–water partition coefficient (Wildman–Crippen LogP) is 5.42. The molecule has 1 heterocycles. The fraction of sp³-hybridized carbons (Fsp3) is 0.250. The summed E-state index contributed by atoms with van der Waals surface area (Å²) in [5.41, 5.74) is 2.96. The number of aliphatic hydroxyl groups is 1. The van der Waals surface area contributed by atoms with Gasteiger partial charge in [0.05, 0.1) is 17.2 Å². The number of hydrogen-bond acceptors (Lipinski definition) is 4. The summed E-state index contributed by atoms with van der Waals surface area (Å²) in [4.78, 5) is 13.0. The Morgan fingerprint density at radius 2 is 1.72 bits per heavy atom. The minimum atomic E-state index is -1.05. The third-order valence-electron chi connectivity index (χ3n) is 5.96. The molecule has 2 atom stereocenters. The number of nitrogens with one attached hydrogen (secondary N) is 2. The zero-order valence-electron chi connectivity index (χ0n) is 19.7. The van der Waals surface area contributed by atoms with Crippen LogP contribution in [0.4, 0.5) is 8.78 Å². The van der Waals surface area contributed by atoms with Gasteiger partial charge in [-0.05, 0) is 53.8 Å². The van der Waals surface area contributed by atoms with Gasteiger partial charge in [-0.15, -0.1) is 0 Å². The topological polar surface area (TPSA) is 74.5 Å². The number of halogens is 3. The molecule has 36 heavy (non-hydrogen) atoms. The number of benzene rings is 3. The average molecular weight is 513 g/mol. The number of aryl methyl sites for hydroxylation is 1. The normalized spacial score (nSPS) is 13.0. The van der Waals surface area contributed by atoms with Crippen LogP contribution in [-0.2, 0) is 19.4 Å². The van der Waals surface area contributed by atoms with Gasteiger partial charge in [0.2, 0.25) is 0 Å². The molecule has 0 bridgehead atoms. The first-order valence-electron chi connectivity index (χ1n) is 11.7. The second-order valence-corrected chi connectivity index (χ2v) is 9.11. The summed E-state index contributed by atoms with van der Waals surface area (Å²) >= 11 is 6.15. The van der Waals surface area contributed by atoms with Crippen molar-refractivity contribution in [2.75, 3.05) is 6.54 Å². The van der Waals surface area contributed by atoms with Gasteiger partial charge in [0, 0.05) is 24.5 Å². The van der Waals surface area contributed by atoms with Gasteiger partial charge < -0.3 is 20.2 Å². The molecule has 3 N–H and O–H groups in total. The van der Waals surface area contributed by atoms with Crippen LogP contribution in [0.15, 0.2) is 71.1 Å². The fourth-order valence-corrected chi connectivity index (χ4v) is 4.33. The molecule has 188 valence electrons. The Balaban J connectivity index is 1.49. The predicted molar refractivity (Wildman–Crippen MR) is 136 cm³/mol. The first-order chi connectivity index (χ1) is 17.3. The third kappa shape index (κ3) is 6.49. The number of carbonyl (C=O) groups excluding carboxylic acids is 1. The monoisotopic (exact) mass is 512 g/mol. The first kappa shape index (κ1) is 25.8. The molecule has 0 saturated heterocycles. The van der Waals surface area contributed by atoms with Gasteiger partial charge in [0.25, 0.3) is 5.91 Å². The summed E-state index contributed by atoms with van der Waals surface area (Å²) in [7, 11) is 0. The Labute approximate surface area is 213 Å². The zero-order chi connectivity index (χ0) is 25.7. The van der Waals surface area contributed by atoms with E-state index in [1.165, 1.54) is 17.7 Å². The molecule has 0 aliphatic heterocycles. The van der Waals surface area contributed by atoms with E-state index < -0.39 is 29.7 Å². The minimum Gasteiger partial charge on any atom is -0.449 e. The number of para-hydroxylation sites is 1. The molecule has 0 aliphatic carbocycles. The molecule has 0 aliphatic rings. The van der Waals surface area contributed by atoms with E-state index in [0.29, 0.717) is 28.1 Å². The van der Waals surface area contributed by atoms with Gasteiger partial charge in [0.1, 0.15) is 11.6 Å². The third-order valence-corrected chi connectivity index (χ3v) is 6.26. The van der Waals surface area contributed by atoms with Crippen molar-refractivity contribution < 1.29 is 23.1 Å². The van der Waals surface area contributed by atoms with E-state index in [1.54, 1.807) is 24.3 Å². The van der Waals surface area contributed by atoms with Gasteiger partial charge in [-0.25, -0.2) is 8.78 Å². The Kier molecular flexibility index (Phi) is 8.36. The van der Waals surface area contributed by atoms with Crippen LogP contribution < -0.4 is 10.6 Å². The van der Waals surface area contributed by atoms with Crippen LogP contribution >= 0.6 is 11.6 Å². The minimum absolute atomic E-state index is 0.00950. The van der Waals surface area contributed by atoms with E-state index in [2.05, 4.69) is 23.6 Å². The lowest BCUT2D eigenvalue weighted by Crippen LogP contribution is -2.48. The van der Waals surface area contributed by atoms with Gasteiger partial charge in [-0.3, -0.25) is 4.79 Å². The highest BCUT2D eigenvalue weighted by atomic mass is 35.5. The number of amides is 1. The molecule has 0 radical (unpaired) electrons. The molecule has 0 fully saturated rings. The summed E-state index contributed by atoms with van der Waals surface area (Å²) < 4.78 is 33.2. The number of aliphatic hydroxyl groups excluding tert-OH is 1. The van der Waals surface area contributed by atoms with Crippen LogP contribution in [0.3, 0.4) is 0 Å². The van der Waals surface area contributed by atoms with E-state index >= 15 is 0 Å². The van der Waals surface area contributed by atoms with E-state index in [0.717, 1.165) is 18.1 Å². The smallest absolute Gasteiger partial charge is 0.287 e. The zero-order valence-corrected chi connectivity index (χ0v) is 20.5. The molecule has 0 unspecified atom stereocenters. The number of fused-ring (bicyclic) bond motifs is 1. The summed E-state index contributed by atoms with van der Waals surface area (Å²) in [6.45, 7) is 2.74. The lowest BCUT2D eigenvalue weighted by Gasteiger charge is -2.24. The molecular formula is C28H27ClF2N2O3. The SMILES string of the molecule is CCc1cccc(CNC[C@H](O)[C@H](Cc2cc(F)cc(F)c2)NC(=O)c2cc3cccc(Cl)c3o2)c1. The highest BCUT2D eigenvalue weighted by molar-refractivity contribution is 6.34. The van der Waals surface area contributed by atoms with Gasteiger partial charge in [-0.2, -0.15) is 0 Å². The number of furan rings is 1. The number of rotatable bonds is 10. The van der Waals surface area contributed by atoms with Crippen LogP contribution in [0.2, 0.25) is 5.02 Å². The van der Waals surface area contributed by atoms with Crippen molar-refractivity contribution in [1.29, 1.82) is 0 Å². The Hall–Kier alpha value is -3.26. The van der Waals surface area contributed by atoms with Crippen molar-refractivity contribution in [1.82, 2.24) is 10.6 Å². The Morgan fingerprint density at radius 1 is 1.00 bits per heavy atom. The molecule has 4 aromatic rings. The first-order valence-corrected chi connectivity index (χ1v) is 12.1. The Bertz CT molecular complexity index is 1340. The van der Waals surface area contributed by atoms with Crippen molar-refractivity contribution in [2.45, 2.75) is 38.5 Å². The van der Waals surface area contributed by atoms with Gasteiger partial charge >= 0.3 is 0 Å². The lowest BCUT2D eigenvalue weighted by molar-refractivity contribution is 0.0806. The fourth-order valence-electron chi connectivity index (χ4n) is 4.11. The largest absolute Gasteiger partial charge is 0.449 e. The van der Waals surface area contributed by atoms with E-state index in [1.807, 2.05) is 18.2 Å². The van der Waals surface area contributed by atoms with Crippen LogP contribution in [0.25, 0.3) is 11.0 Å². The van der Waals surface area contributed by atoms with E-state index in [4.69, 9.17) is 16.0 Å².